The molecule has 3 atom stereocenters. The molecule has 0 radical (unpaired) electrons. The number of ether oxygens (including phenoxy) is 1. The average Bonchev–Trinajstić information content (AvgIpc) is 3.19. The molecule has 0 aliphatic rings. The first-order chi connectivity index (χ1) is 27.5. The Kier molecular flexibility index (Phi) is 43.1. The Bertz CT molecular complexity index is 889. The van der Waals surface area contributed by atoms with E-state index in [-0.39, 0.29) is 24.9 Å². The quantitative estimate of drug-likeness (QED) is 0.0324. The third-order valence-electron chi connectivity index (χ3n) is 11.3. The van der Waals surface area contributed by atoms with Crippen LogP contribution in [0, 0.1) is 0 Å². The fourth-order valence-corrected chi connectivity index (χ4v) is 7.52. The van der Waals surface area contributed by atoms with Crippen LogP contribution in [0.3, 0.4) is 0 Å². The van der Waals surface area contributed by atoms with Gasteiger partial charge < -0.3 is 20.3 Å². The molecule has 0 aliphatic heterocycles. The SMILES string of the molecule is CCCCC/C=C\C/C=C\CCCCCCCCCC(=O)OC(CCCCCCCCCCCC)CC(=O)NC(CO)C(O)CCCCCCCCCCCC. The number of esters is 1. The molecule has 0 rings (SSSR count). The van der Waals surface area contributed by atoms with Crippen LogP contribution in [0.1, 0.15) is 258 Å². The van der Waals surface area contributed by atoms with Crippen LogP contribution in [-0.4, -0.2) is 46.9 Å². The van der Waals surface area contributed by atoms with Gasteiger partial charge in [0.2, 0.25) is 5.91 Å². The maximum atomic E-state index is 13.1. The monoisotopic (exact) mass is 790 g/mol. The van der Waals surface area contributed by atoms with Crippen molar-refractivity contribution in [1.82, 2.24) is 5.32 Å². The van der Waals surface area contributed by atoms with Crippen molar-refractivity contribution in [2.75, 3.05) is 6.61 Å². The summed E-state index contributed by atoms with van der Waals surface area (Å²) in [5.74, 6) is -0.474. The molecule has 0 heterocycles. The van der Waals surface area contributed by atoms with Gasteiger partial charge in [0, 0.05) is 6.42 Å². The zero-order chi connectivity index (χ0) is 41.0. The van der Waals surface area contributed by atoms with Gasteiger partial charge >= 0.3 is 5.97 Å². The van der Waals surface area contributed by atoms with E-state index in [1.54, 1.807) is 0 Å². The van der Waals surface area contributed by atoms with Crippen molar-refractivity contribution in [2.24, 2.45) is 0 Å². The number of hydrogen-bond donors (Lipinski definition) is 3. The lowest BCUT2D eigenvalue weighted by Crippen LogP contribution is -2.46. The Labute approximate surface area is 348 Å². The molecule has 0 spiro atoms. The number of amides is 1. The zero-order valence-electron chi connectivity index (χ0n) is 37.5. The Hall–Kier alpha value is -1.66. The minimum Gasteiger partial charge on any atom is -0.462 e. The van der Waals surface area contributed by atoms with Gasteiger partial charge in [-0.1, -0.05) is 212 Å². The van der Waals surface area contributed by atoms with Crippen molar-refractivity contribution < 1.29 is 24.5 Å². The second kappa shape index (κ2) is 44.4. The Morgan fingerprint density at radius 2 is 0.911 bits per heavy atom. The molecule has 0 aromatic heterocycles. The molecule has 6 nitrogen and oxygen atoms in total. The van der Waals surface area contributed by atoms with Gasteiger partial charge in [-0.25, -0.2) is 0 Å². The molecule has 0 aromatic carbocycles. The number of aliphatic hydroxyl groups excluding tert-OH is 2. The third-order valence-corrected chi connectivity index (χ3v) is 11.3. The summed E-state index contributed by atoms with van der Waals surface area (Å²) >= 11 is 0. The fraction of sp³-hybridized carbons (Fsp3) is 0.880. The first-order valence-electron chi connectivity index (χ1n) is 24.6. The summed E-state index contributed by atoms with van der Waals surface area (Å²) in [6.45, 7) is 6.44. The Morgan fingerprint density at radius 1 is 0.518 bits per heavy atom. The Balaban J connectivity index is 4.49. The van der Waals surface area contributed by atoms with Crippen LogP contribution in [0.2, 0.25) is 0 Å². The topological polar surface area (TPSA) is 95.9 Å². The van der Waals surface area contributed by atoms with Gasteiger partial charge in [-0.2, -0.15) is 0 Å². The van der Waals surface area contributed by atoms with Gasteiger partial charge in [0.05, 0.1) is 25.2 Å². The molecule has 6 heteroatoms. The maximum Gasteiger partial charge on any atom is 0.306 e. The molecule has 1 amide bonds. The summed E-state index contributed by atoms with van der Waals surface area (Å²) < 4.78 is 5.91. The van der Waals surface area contributed by atoms with E-state index < -0.39 is 18.2 Å². The fourth-order valence-electron chi connectivity index (χ4n) is 7.52. The standard InChI is InChI=1S/C50H95NO5/c1-4-7-10-13-16-19-22-23-24-25-26-27-28-31-34-37-40-43-50(55)56-46(41-38-35-32-29-20-17-14-11-8-5-2)44-49(54)51-47(45-52)48(53)42-39-36-33-30-21-18-15-12-9-6-3/h16,19,23-24,46-48,52-53H,4-15,17-18,20-22,25-45H2,1-3H3,(H,51,54)/b19-16-,24-23-. The average molecular weight is 790 g/mol. The van der Waals surface area contributed by atoms with E-state index in [0.717, 1.165) is 57.8 Å². The normalized spacial score (nSPS) is 13.4. The number of hydrogen-bond acceptors (Lipinski definition) is 5. The van der Waals surface area contributed by atoms with Crippen molar-refractivity contribution in [1.29, 1.82) is 0 Å². The molecule has 0 fully saturated rings. The van der Waals surface area contributed by atoms with Gasteiger partial charge in [0.25, 0.3) is 0 Å². The summed E-state index contributed by atoms with van der Waals surface area (Å²) in [5, 5.41) is 23.6. The number of rotatable bonds is 44. The molecular formula is C50H95NO5. The van der Waals surface area contributed by atoms with E-state index in [1.807, 2.05) is 0 Å². The molecule has 330 valence electrons. The van der Waals surface area contributed by atoms with Gasteiger partial charge in [-0.05, 0) is 57.8 Å². The van der Waals surface area contributed by atoms with Crippen LogP contribution in [0.4, 0.5) is 0 Å². The van der Waals surface area contributed by atoms with Crippen LogP contribution in [0.5, 0.6) is 0 Å². The minimum atomic E-state index is -0.782. The van der Waals surface area contributed by atoms with Gasteiger partial charge in [0.15, 0.2) is 0 Å². The molecule has 0 bridgehead atoms. The van der Waals surface area contributed by atoms with Gasteiger partial charge in [0.1, 0.15) is 6.10 Å². The summed E-state index contributed by atoms with van der Waals surface area (Å²) in [6, 6.07) is -0.696. The van der Waals surface area contributed by atoms with Crippen molar-refractivity contribution in [3.05, 3.63) is 24.3 Å². The van der Waals surface area contributed by atoms with E-state index in [1.165, 1.54) is 154 Å². The van der Waals surface area contributed by atoms with Crippen molar-refractivity contribution in [3.63, 3.8) is 0 Å². The molecule has 0 aliphatic carbocycles. The van der Waals surface area contributed by atoms with Crippen LogP contribution in [0.15, 0.2) is 24.3 Å². The highest BCUT2D eigenvalue weighted by Crippen LogP contribution is 2.18. The molecule has 3 unspecified atom stereocenters. The van der Waals surface area contributed by atoms with Crippen LogP contribution >= 0.6 is 0 Å². The minimum absolute atomic E-state index is 0.0789. The number of nitrogens with one attached hydrogen (secondary N) is 1. The zero-order valence-corrected chi connectivity index (χ0v) is 37.5. The summed E-state index contributed by atoms with van der Waals surface area (Å²) in [6.07, 6.45) is 49.5. The predicted octanol–water partition coefficient (Wildman–Crippen LogP) is 14.3. The molecule has 0 aromatic rings. The number of carbonyl (C=O) groups excluding carboxylic acids is 2. The van der Waals surface area contributed by atoms with Crippen molar-refractivity contribution in [2.45, 2.75) is 277 Å². The highest BCUT2D eigenvalue weighted by molar-refractivity contribution is 5.77. The van der Waals surface area contributed by atoms with Crippen LogP contribution in [-0.2, 0) is 14.3 Å². The largest absolute Gasteiger partial charge is 0.462 e. The first-order valence-corrected chi connectivity index (χ1v) is 24.6. The van der Waals surface area contributed by atoms with E-state index >= 15 is 0 Å². The van der Waals surface area contributed by atoms with Gasteiger partial charge in [-0.3, -0.25) is 9.59 Å². The highest BCUT2D eigenvalue weighted by atomic mass is 16.5. The molecule has 56 heavy (non-hydrogen) atoms. The maximum absolute atomic E-state index is 13.1. The highest BCUT2D eigenvalue weighted by Gasteiger charge is 2.24. The lowest BCUT2D eigenvalue weighted by Gasteiger charge is -2.24. The summed E-state index contributed by atoms with van der Waals surface area (Å²) in [4.78, 5) is 26.0. The van der Waals surface area contributed by atoms with E-state index in [4.69, 9.17) is 4.74 Å². The number of allylic oxidation sites excluding steroid dienone is 4. The molecular weight excluding hydrogens is 695 g/mol. The molecule has 0 saturated heterocycles. The van der Waals surface area contributed by atoms with E-state index in [2.05, 4.69) is 50.4 Å². The smallest absolute Gasteiger partial charge is 0.306 e. The van der Waals surface area contributed by atoms with E-state index in [0.29, 0.717) is 19.3 Å². The lowest BCUT2D eigenvalue weighted by molar-refractivity contribution is -0.151. The lowest BCUT2D eigenvalue weighted by atomic mass is 10.0. The summed E-state index contributed by atoms with van der Waals surface area (Å²) in [5.41, 5.74) is 0. The van der Waals surface area contributed by atoms with Crippen molar-refractivity contribution in [3.8, 4) is 0 Å². The van der Waals surface area contributed by atoms with Crippen LogP contribution in [0.25, 0.3) is 0 Å². The second-order valence-corrected chi connectivity index (χ2v) is 16.9. The summed E-state index contributed by atoms with van der Waals surface area (Å²) in [7, 11) is 0. The second-order valence-electron chi connectivity index (χ2n) is 16.9. The molecule has 3 N–H and O–H groups in total. The van der Waals surface area contributed by atoms with Crippen molar-refractivity contribution >= 4 is 11.9 Å². The Morgan fingerprint density at radius 3 is 1.39 bits per heavy atom. The molecule has 0 saturated carbocycles. The first kappa shape index (κ1) is 54.3. The number of aliphatic hydroxyl groups is 2. The van der Waals surface area contributed by atoms with E-state index in [9.17, 15) is 19.8 Å². The predicted molar refractivity (Wildman–Crippen MR) is 241 cm³/mol. The van der Waals surface area contributed by atoms with Gasteiger partial charge in [-0.15, -0.1) is 0 Å². The third kappa shape index (κ3) is 39.2. The van der Waals surface area contributed by atoms with Crippen LogP contribution < -0.4 is 5.32 Å². The number of carbonyl (C=O) groups is 2. The number of unbranched alkanes of at least 4 members (excludes halogenated alkanes) is 28.